The lowest BCUT2D eigenvalue weighted by Gasteiger charge is -2.08. The van der Waals surface area contributed by atoms with Gasteiger partial charge in [-0.2, -0.15) is 8.78 Å². The summed E-state index contributed by atoms with van der Waals surface area (Å²) in [6.45, 7) is 1.36. The minimum atomic E-state index is -3.12. The second-order valence-corrected chi connectivity index (χ2v) is 4.38. The van der Waals surface area contributed by atoms with Gasteiger partial charge in [0.1, 0.15) is 0 Å². The van der Waals surface area contributed by atoms with Crippen LogP contribution in [0.25, 0.3) is 0 Å². The molecule has 0 aliphatic heterocycles. The highest BCUT2D eigenvalue weighted by atomic mass is 79.9. The maximum Gasteiger partial charge on any atom is 0.315 e. The molecule has 7 heteroatoms. The predicted molar refractivity (Wildman–Crippen MR) is 66.5 cm³/mol. The van der Waals surface area contributed by atoms with E-state index in [-0.39, 0.29) is 0 Å². The van der Waals surface area contributed by atoms with E-state index < -0.39 is 24.8 Å². The van der Waals surface area contributed by atoms with E-state index in [1.807, 2.05) is 12.2 Å². The quantitative estimate of drug-likeness (QED) is 0.892. The first-order valence-electron chi connectivity index (χ1n) is 5.02. The van der Waals surface area contributed by atoms with Crippen molar-refractivity contribution in [3.8, 4) is 0 Å². The van der Waals surface area contributed by atoms with Gasteiger partial charge in [0, 0.05) is 10.2 Å². The Bertz CT molecular complexity index is 466. The molecule has 0 spiro atoms. The Morgan fingerprint density at radius 2 is 2.06 bits per heavy atom. The van der Waals surface area contributed by atoms with Crippen molar-refractivity contribution in [1.29, 1.82) is 0 Å². The Hall–Kier alpha value is -1.50. The first-order valence-corrected chi connectivity index (χ1v) is 5.81. The summed E-state index contributed by atoms with van der Waals surface area (Å²) < 4.78 is 24.6. The Balaban J connectivity index is 2.49. The molecule has 2 amide bonds. The second kappa shape index (κ2) is 6.44. The molecule has 1 aromatic rings. The van der Waals surface area contributed by atoms with Gasteiger partial charge in [0.25, 0.3) is 5.91 Å². The normalized spacial score (nSPS) is 10.3. The van der Waals surface area contributed by atoms with Crippen LogP contribution in [0.2, 0.25) is 0 Å². The van der Waals surface area contributed by atoms with Crippen LogP contribution in [0.1, 0.15) is 5.56 Å². The highest BCUT2D eigenvalue weighted by molar-refractivity contribution is 9.10. The number of nitrogens with one attached hydrogen (secondary N) is 2. The number of hydrogen-bond donors (Lipinski definition) is 2. The largest absolute Gasteiger partial charge is 0.342 e. The summed E-state index contributed by atoms with van der Waals surface area (Å²) in [5.41, 5.74) is 1.46. The summed E-state index contributed by atoms with van der Waals surface area (Å²) in [6, 6.07) is 5.13. The van der Waals surface area contributed by atoms with E-state index in [2.05, 4.69) is 21.2 Å². The number of alkyl halides is 2. The molecule has 18 heavy (non-hydrogen) atoms. The maximum atomic E-state index is 11.9. The molecule has 1 aromatic carbocycles. The number of aryl methyl sites for hydroxylation is 1. The molecule has 0 unspecified atom stereocenters. The first kappa shape index (κ1) is 14.6. The summed E-state index contributed by atoms with van der Waals surface area (Å²) in [4.78, 5) is 21.9. The van der Waals surface area contributed by atoms with Gasteiger partial charge in [-0.15, -0.1) is 0 Å². The van der Waals surface area contributed by atoms with Crippen molar-refractivity contribution in [3.63, 3.8) is 0 Å². The SMILES string of the molecule is Cc1cc(NC(=O)CNC(=O)C(F)F)ccc1Br. The third kappa shape index (κ3) is 4.40. The van der Waals surface area contributed by atoms with Crippen molar-refractivity contribution in [2.75, 3.05) is 11.9 Å². The molecular formula is C11H11BrF2N2O2. The number of hydrogen-bond acceptors (Lipinski definition) is 2. The first-order chi connectivity index (χ1) is 8.40. The highest BCUT2D eigenvalue weighted by Gasteiger charge is 2.15. The lowest BCUT2D eigenvalue weighted by atomic mass is 10.2. The van der Waals surface area contributed by atoms with Crippen molar-refractivity contribution in [2.24, 2.45) is 0 Å². The van der Waals surface area contributed by atoms with Gasteiger partial charge in [-0.3, -0.25) is 9.59 Å². The minimum absolute atomic E-state index is 0.488. The fourth-order valence-electron chi connectivity index (χ4n) is 1.17. The van der Waals surface area contributed by atoms with Crippen LogP contribution in [0.3, 0.4) is 0 Å². The molecule has 0 atom stereocenters. The molecule has 1 rings (SSSR count). The monoisotopic (exact) mass is 320 g/mol. The Morgan fingerprint density at radius 1 is 1.39 bits per heavy atom. The Labute approximate surface area is 111 Å². The third-order valence-corrected chi connectivity index (χ3v) is 2.95. The molecule has 0 aliphatic carbocycles. The molecule has 4 nitrogen and oxygen atoms in total. The van der Waals surface area contributed by atoms with Crippen molar-refractivity contribution >= 4 is 33.4 Å². The molecule has 0 bridgehead atoms. The number of benzene rings is 1. The Kier molecular flexibility index (Phi) is 5.21. The van der Waals surface area contributed by atoms with E-state index in [0.717, 1.165) is 10.0 Å². The van der Waals surface area contributed by atoms with E-state index >= 15 is 0 Å². The third-order valence-electron chi connectivity index (χ3n) is 2.06. The van der Waals surface area contributed by atoms with Crippen molar-refractivity contribution in [3.05, 3.63) is 28.2 Å². The van der Waals surface area contributed by atoms with Crippen LogP contribution in [0.15, 0.2) is 22.7 Å². The zero-order valence-corrected chi connectivity index (χ0v) is 11.1. The van der Waals surface area contributed by atoms with Crippen LogP contribution in [-0.2, 0) is 9.59 Å². The van der Waals surface area contributed by atoms with E-state index in [1.54, 1.807) is 18.2 Å². The maximum absolute atomic E-state index is 11.9. The van der Waals surface area contributed by atoms with Crippen LogP contribution in [-0.4, -0.2) is 24.8 Å². The van der Waals surface area contributed by atoms with Crippen LogP contribution in [0.5, 0.6) is 0 Å². The van der Waals surface area contributed by atoms with E-state index in [1.165, 1.54) is 0 Å². The van der Waals surface area contributed by atoms with Gasteiger partial charge in [-0.05, 0) is 30.7 Å². The molecule has 0 aliphatic rings. The van der Waals surface area contributed by atoms with E-state index in [4.69, 9.17) is 0 Å². The molecule has 0 heterocycles. The van der Waals surface area contributed by atoms with Crippen LogP contribution < -0.4 is 10.6 Å². The van der Waals surface area contributed by atoms with Gasteiger partial charge in [-0.25, -0.2) is 0 Å². The summed E-state index contributed by atoms with van der Waals surface area (Å²) >= 11 is 3.31. The smallest absolute Gasteiger partial charge is 0.315 e. The van der Waals surface area contributed by atoms with Crippen molar-refractivity contribution in [2.45, 2.75) is 13.3 Å². The number of anilines is 1. The topological polar surface area (TPSA) is 58.2 Å². The summed E-state index contributed by atoms with van der Waals surface area (Å²) in [5, 5.41) is 4.30. The lowest BCUT2D eigenvalue weighted by molar-refractivity contribution is -0.133. The highest BCUT2D eigenvalue weighted by Crippen LogP contribution is 2.19. The number of rotatable bonds is 4. The summed E-state index contributed by atoms with van der Waals surface area (Å²) in [6.07, 6.45) is -3.12. The fourth-order valence-corrected chi connectivity index (χ4v) is 1.42. The lowest BCUT2D eigenvalue weighted by Crippen LogP contribution is -2.36. The summed E-state index contributed by atoms with van der Waals surface area (Å²) in [5.74, 6) is -2.03. The number of amides is 2. The molecule has 0 fully saturated rings. The minimum Gasteiger partial charge on any atom is -0.342 e. The van der Waals surface area contributed by atoms with Gasteiger partial charge < -0.3 is 10.6 Å². The van der Waals surface area contributed by atoms with Crippen molar-refractivity contribution in [1.82, 2.24) is 5.32 Å². The molecular weight excluding hydrogens is 310 g/mol. The zero-order valence-electron chi connectivity index (χ0n) is 9.47. The van der Waals surface area contributed by atoms with Gasteiger partial charge in [0.2, 0.25) is 5.91 Å². The standard InChI is InChI=1S/C11H11BrF2N2O2/c1-6-4-7(2-3-8(6)12)16-9(17)5-15-11(18)10(13)14/h2-4,10H,5H2,1H3,(H,15,18)(H,16,17). The second-order valence-electron chi connectivity index (χ2n) is 3.53. The van der Waals surface area contributed by atoms with Crippen LogP contribution in [0, 0.1) is 6.92 Å². The molecule has 0 aromatic heterocycles. The molecule has 0 saturated carbocycles. The average molecular weight is 321 g/mol. The van der Waals surface area contributed by atoms with Crippen molar-refractivity contribution < 1.29 is 18.4 Å². The van der Waals surface area contributed by atoms with E-state index in [9.17, 15) is 18.4 Å². The predicted octanol–water partition coefficient (Wildman–Crippen LogP) is 2.08. The van der Waals surface area contributed by atoms with Gasteiger partial charge in [-0.1, -0.05) is 15.9 Å². The summed E-state index contributed by atoms with van der Waals surface area (Å²) in [7, 11) is 0. The fraction of sp³-hybridized carbons (Fsp3) is 0.273. The molecule has 2 N–H and O–H groups in total. The van der Waals surface area contributed by atoms with Crippen LogP contribution in [0.4, 0.5) is 14.5 Å². The Morgan fingerprint density at radius 3 is 2.61 bits per heavy atom. The van der Waals surface area contributed by atoms with E-state index in [0.29, 0.717) is 5.69 Å². The average Bonchev–Trinajstić information content (AvgIpc) is 2.30. The number of halogens is 3. The molecule has 0 radical (unpaired) electrons. The zero-order chi connectivity index (χ0) is 13.7. The number of carbonyl (C=O) groups is 2. The van der Waals surface area contributed by atoms with Gasteiger partial charge in [0.15, 0.2) is 0 Å². The molecule has 98 valence electrons. The number of carbonyl (C=O) groups excluding carboxylic acids is 2. The van der Waals surface area contributed by atoms with Gasteiger partial charge in [0.05, 0.1) is 6.54 Å². The molecule has 0 saturated heterocycles. The van der Waals surface area contributed by atoms with Crippen LogP contribution >= 0.6 is 15.9 Å². The van der Waals surface area contributed by atoms with Gasteiger partial charge >= 0.3 is 6.43 Å².